The largest absolute Gasteiger partial charge is 0.466 e. The average molecular weight is 331 g/mol. The van der Waals surface area contributed by atoms with Crippen molar-refractivity contribution in [2.75, 3.05) is 6.54 Å². The Morgan fingerprint density at radius 2 is 2.13 bits per heavy atom. The Bertz CT molecular complexity index is 801. The summed E-state index contributed by atoms with van der Waals surface area (Å²) in [5, 5.41) is 16.8. The number of rotatable bonds is 5. The summed E-state index contributed by atoms with van der Waals surface area (Å²) in [6.45, 7) is 3.59. The first kappa shape index (κ1) is 15.6. The van der Waals surface area contributed by atoms with Gasteiger partial charge in [0.15, 0.2) is 0 Å². The van der Waals surface area contributed by atoms with Gasteiger partial charge in [-0.15, -0.1) is 0 Å². The maximum atomic E-state index is 12.1. The van der Waals surface area contributed by atoms with Crippen molar-refractivity contribution in [1.29, 1.82) is 0 Å². The fourth-order valence-electron chi connectivity index (χ4n) is 2.33. The predicted molar refractivity (Wildman–Crippen MR) is 87.5 cm³/mol. The van der Waals surface area contributed by atoms with E-state index in [2.05, 4.69) is 5.32 Å². The Morgan fingerprint density at radius 3 is 2.78 bits per heavy atom. The first-order chi connectivity index (χ1) is 11.0. The maximum Gasteiger partial charge on any atom is 0.254 e. The zero-order valence-electron chi connectivity index (χ0n) is 12.8. The predicted octanol–water partition coefficient (Wildman–Crippen LogP) is 3.68. The Balaban J connectivity index is 1.62. The highest BCUT2D eigenvalue weighted by atomic mass is 32.1. The molecule has 3 aromatic heterocycles. The van der Waals surface area contributed by atoms with Crippen LogP contribution in [0.1, 0.15) is 33.7 Å². The van der Waals surface area contributed by atoms with Gasteiger partial charge in [-0.05, 0) is 43.5 Å². The molecule has 3 aromatic rings. The molecule has 2 N–H and O–H groups in total. The van der Waals surface area contributed by atoms with E-state index in [0.29, 0.717) is 28.6 Å². The fourth-order valence-corrected chi connectivity index (χ4v) is 2.98. The normalized spacial score (nSPS) is 12.3. The highest BCUT2D eigenvalue weighted by Gasteiger charge is 2.17. The maximum absolute atomic E-state index is 12.1. The summed E-state index contributed by atoms with van der Waals surface area (Å²) >= 11 is 1.58. The van der Waals surface area contributed by atoms with Crippen LogP contribution in [0.5, 0.6) is 0 Å². The first-order valence-corrected chi connectivity index (χ1v) is 8.14. The van der Waals surface area contributed by atoms with Gasteiger partial charge in [-0.2, -0.15) is 11.3 Å². The van der Waals surface area contributed by atoms with E-state index in [1.165, 1.54) is 0 Å². The molecular formula is C17H17NO4S. The quantitative estimate of drug-likeness (QED) is 0.748. The van der Waals surface area contributed by atoms with E-state index < -0.39 is 6.10 Å². The minimum Gasteiger partial charge on any atom is -0.466 e. The zero-order chi connectivity index (χ0) is 16.4. The Labute approximate surface area is 137 Å². The summed E-state index contributed by atoms with van der Waals surface area (Å²) in [5.74, 6) is 2.09. The average Bonchev–Trinajstić information content (AvgIpc) is 3.24. The van der Waals surface area contributed by atoms with Crippen LogP contribution in [0.15, 0.2) is 43.9 Å². The molecule has 5 nitrogen and oxygen atoms in total. The number of nitrogens with one attached hydrogen (secondary N) is 1. The molecule has 0 bridgehead atoms. The lowest BCUT2D eigenvalue weighted by atomic mass is 10.2. The van der Waals surface area contributed by atoms with Crippen molar-refractivity contribution in [2.45, 2.75) is 20.0 Å². The molecule has 0 unspecified atom stereocenters. The van der Waals surface area contributed by atoms with Crippen LogP contribution in [0.3, 0.4) is 0 Å². The van der Waals surface area contributed by atoms with Crippen molar-refractivity contribution in [3.8, 4) is 11.3 Å². The van der Waals surface area contributed by atoms with Crippen molar-refractivity contribution in [2.24, 2.45) is 0 Å². The lowest BCUT2D eigenvalue weighted by Gasteiger charge is -2.09. The number of aryl methyl sites for hydroxylation is 2. The third-order valence-electron chi connectivity index (χ3n) is 3.50. The van der Waals surface area contributed by atoms with Gasteiger partial charge < -0.3 is 19.3 Å². The second-order valence-corrected chi connectivity index (χ2v) is 6.05. The topological polar surface area (TPSA) is 75.6 Å². The molecule has 1 amide bonds. The summed E-state index contributed by atoms with van der Waals surface area (Å²) in [6, 6.07) is 7.16. The molecule has 6 heteroatoms. The summed E-state index contributed by atoms with van der Waals surface area (Å²) in [4.78, 5) is 12.1. The molecule has 0 aromatic carbocycles. The molecular weight excluding hydrogens is 314 g/mol. The number of aliphatic hydroxyl groups is 1. The number of carbonyl (C=O) groups is 1. The van der Waals surface area contributed by atoms with Crippen LogP contribution in [0.25, 0.3) is 11.3 Å². The molecule has 0 aliphatic rings. The third-order valence-corrected chi connectivity index (χ3v) is 4.19. The van der Waals surface area contributed by atoms with E-state index in [-0.39, 0.29) is 12.5 Å². The summed E-state index contributed by atoms with van der Waals surface area (Å²) in [7, 11) is 0. The summed E-state index contributed by atoms with van der Waals surface area (Å²) < 4.78 is 11.0. The highest BCUT2D eigenvalue weighted by molar-refractivity contribution is 7.08. The van der Waals surface area contributed by atoms with Crippen molar-refractivity contribution < 1.29 is 18.7 Å². The van der Waals surface area contributed by atoms with Crippen LogP contribution < -0.4 is 5.32 Å². The van der Waals surface area contributed by atoms with Gasteiger partial charge in [-0.1, -0.05) is 0 Å². The molecule has 120 valence electrons. The van der Waals surface area contributed by atoms with Gasteiger partial charge in [0.25, 0.3) is 5.91 Å². The molecule has 0 spiro atoms. The van der Waals surface area contributed by atoms with Gasteiger partial charge in [0.05, 0.1) is 12.1 Å². The van der Waals surface area contributed by atoms with Gasteiger partial charge >= 0.3 is 0 Å². The second-order valence-electron chi connectivity index (χ2n) is 5.27. The van der Waals surface area contributed by atoms with Gasteiger partial charge in [0.2, 0.25) is 0 Å². The smallest absolute Gasteiger partial charge is 0.254 e. The van der Waals surface area contributed by atoms with Crippen LogP contribution in [0.4, 0.5) is 0 Å². The standard InChI is InChI=1S/C17H17NO4S/c1-10-7-13(11(2)21-10)17(20)18-8-14(19)16-4-3-15(22-16)12-5-6-23-9-12/h3-7,9,14,19H,8H2,1-2H3,(H,18,20)/t14-/m1/s1. The van der Waals surface area contributed by atoms with Crippen molar-refractivity contribution in [3.63, 3.8) is 0 Å². The fraction of sp³-hybridized carbons (Fsp3) is 0.235. The molecule has 3 heterocycles. The second kappa shape index (κ2) is 6.44. The number of hydrogen-bond acceptors (Lipinski definition) is 5. The van der Waals surface area contributed by atoms with Crippen molar-refractivity contribution >= 4 is 17.2 Å². The number of carbonyl (C=O) groups excluding carboxylic acids is 1. The Kier molecular flexibility index (Phi) is 4.36. The molecule has 0 aliphatic heterocycles. The van der Waals surface area contributed by atoms with Gasteiger partial charge in [0, 0.05) is 10.9 Å². The van der Waals surface area contributed by atoms with Crippen molar-refractivity contribution in [3.05, 3.63) is 57.9 Å². The summed E-state index contributed by atoms with van der Waals surface area (Å²) in [6.07, 6.45) is -0.903. The van der Waals surface area contributed by atoms with E-state index in [1.807, 2.05) is 22.9 Å². The molecule has 1 atom stereocenters. The van der Waals surface area contributed by atoms with Crippen LogP contribution >= 0.6 is 11.3 Å². The number of aliphatic hydroxyl groups excluding tert-OH is 1. The minimum atomic E-state index is -0.903. The van der Waals surface area contributed by atoms with E-state index in [4.69, 9.17) is 8.83 Å². The van der Waals surface area contributed by atoms with Crippen LogP contribution in [0, 0.1) is 13.8 Å². The van der Waals surface area contributed by atoms with Crippen molar-refractivity contribution in [1.82, 2.24) is 5.32 Å². The third kappa shape index (κ3) is 3.38. The van der Waals surface area contributed by atoms with E-state index in [1.54, 1.807) is 37.3 Å². The highest BCUT2D eigenvalue weighted by Crippen LogP contribution is 2.26. The number of furan rings is 2. The lowest BCUT2D eigenvalue weighted by molar-refractivity contribution is 0.0900. The van der Waals surface area contributed by atoms with Crippen LogP contribution in [0.2, 0.25) is 0 Å². The van der Waals surface area contributed by atoms with E-state index >= 15 is 0 Å². The van der Waals surface area contributed by atoms with Gasteiger partial charge in [-0.3, -0.25) is 4.79 Å². The molecule has 0 saturated heterocycles. The van der Waals surface area contributed by atoms with E-state index in [0.717, 1.165) is 5.56 Å². The Hall–Kier alpha value is -2.31. The number of amides is 1. The monoisotopic (exact) mass is 331 g/mol. The number of thiophene rings is 1. The zero-order valence-corrected chi connectivity index (χ0v) is 13.6. The molecule has 3 rings (SSSR count). The summed E-state index contributed by atoms with van der Waals surface area (Å²) in [5.41, 5.74) is 1.45. The van der Waals surface area contributed by atoms with E-state index in [9.17, 15) is 9.90 Å². The molecule has 0 aliphatic carbocycles. The van der Waals surface area contributed by atoms with Gasteiger partial charge in [0.1, 0.15) is 29.1 Å². The molecule has 0 fully saturated rings. The minimum absolute atomic E-state index is 0.0685. The number of hydrogen-bond donors (Lipinski definition) is 2. The van der Waals surface area contributed by atoms with Crippen LogP contribution in [-0.4, -0.2) is 17.6 Å². The molecule has 0 saturated carbocycles. The Morgan fingerprint density at radius 1 is 1.30 bits per heavy atom. The molecule has 23 heavy (non-hydrogen) atoms. The van der Waals surface area contributed by atoms with Crippen LogP contribution in [-0.2, 0) is 0 Å². The first-order valence-electron chi connectivity index (χ1n) is 7.20. The SMILES string of the molecule is Cc1cc(C(=O)NC[C@@H](O)c2ccc(-c3ccsc3)o2)c(C)o1. The van der Waals surface area contributed by atoms with Gasteiger partial charge in [-0.25, -0.2) is 0 Å². The molecule has 0 radical (unpaired) electrons. The lowest BCUT2D eigenvalue weighted by Crippen LogP contribution is -2.28.